The molecule has 1 fully saturated rings. The number of benzene rings is 1. The first-order valence-electron chi connectivity index (χ1n) is 7.09. The lowest BCUT2D eigenvalue weighted by Crippen LogP contribution is -2.51. The summed E-state index contributed by atoms with van der Waals surface area (Å²) in [4.78, 5) is 15.9. The molecule has 0 unspecified atom stereocenters. The Bertz CT molecular complexity index is 759. The van der Waals surface area contributed by atoms with Gasteiger partial charge in [0.1, 0.15) is 6.04 Å². The molecule has 0 atom stereocenters. The second kappa shape index (κ2) is 5.38. The van der Waals surface area contributed by atoms with Crippen LogP contribution < -0.4 is 0 Å². The third kappa shape index (κ3) is 2.31. The van der Waals surface area contributed by atoms with Crippen LogP contribution in [0.3, 0.4) is 0 Å². The predicted octanol–water partition coefficient (Wildman–Crippen LogP) is 2.70. The molecule has 1 amide bonds. The Balaban J connectivity index is 1.43. The predicted molar refractivity (Wildman–Crippen MR) is 84.7 cm³/mol. The maximum atomic E-state index is 12.4. The van der Waals surface area contributed by atoms with E-state index in [1.165, 1.54) is 5.56 Å². The number of hydrogen-bond donors (Lipinski definition) is 0. The molecular weight excluding hydrogens is 296 g/mol. The van der Waals surface area contributed by atoms with Crippen LogP contribution in [-0.2, 0) is 0 Å². The number of likely N-dealkylation sites (tertiary alicyclic amines) is 1. The number of carbonyl (C=O) groups excluding carboxylic acids is 1. The summed E-state index contributed by atoms with van der Waals surface area (Å²) in [5.41, 5.74) is 3.06. The summed E-state index contributed by atoms with van der Waals surface area (Å²) >= 11 is 1.67. The Kier molecular flexibility index (Phi) is 3.23. The van der Waals surface area contributed by atoms with E-state index in [9.17, 15) is 4.79 Å². The SMILES string of the molecule is O=C(c1ccc(-c2ccsc2)cc1)N1CC(n2nccn2)C1. The molecule has 6 heteroatoms. The van der Waals surface area contributed by atoms with Crippen LogP contribution in [0.15, 0.2) is 53.5 Å². The van der Waals surface area contributed by atoms with Crippen molar-refractivity contribution in [1.82, 2.24) is 19.9 Å². The van der Waals surface area contributed by atoms with Gasteiger partial charge in [-0.05, 0) is 40.1 Å². The van der Waals surface area contributed by atoms with Gasteiger partial charge in [-0.2, -0.15) is 26.3 Å². The average Bonchev–Trinajstić information content (AvgIpc) is 3.19. The molecule has 0 radical (unpaired) electrons. The summed E-state index contributed by atoms with van der Waals surface area (Å²) < 4.78 is 0. The number of nitrogens with zero attached hydrogens (tertiary/aromatic N) is 4. The fraction of sp³-hybridized carbons (Fsp3) is 0.188. The second-order valence-corrected chi connectivity index (χ2v) is 6.08. The van der Waals surface area contributed by atoms with Gasteiger partial charge in [0.25, 0.3) is 5.91 Å². The van der Waals surface area contributed by atoms with Crippen LogP contribution in [0.2, 0.25) is 0 Å². The molecule has 1 aliphatic heterocycles. The Labute approximate surface area is 131 Å². The topological polar surface area (TPSA) is 51.0 Å². The minimum Gasteiger partial charge on any atom is -0.334 e. The molecule has 0 bridgehead atoms. The fourth-order valence-corrected chi connectivity index (χ4v) is 3.26. The quantitative estimate of drug-likeness (QED) is 0.747. The lowest BCUT2D eigenvalue weighted by atomic mass is 10.0. The molecule has 0 saturated carbocycles. The van der Waals surface area contributed by atoms with Crippen LogP contribution >= 0.6 is 11.3 Å². The van der Waals surface area contributed by atoms with E-state index < -0.39 is 0 Å². The Morgan fingerprint density at radius 1 is 1.05 bits per heavy atom. The van der Waals surface area contributed by atoms with E-state index in [2.05, 4.69) is 27.0 Å². The van der Waals surface area contributed by atoms with Gasteiger partial charge in [-0.15, -0.1) is 0 Å². The van der Waals surface area contributed by atoms with Crippen molar-refractivity contribution in [3.63, 3.8) is 0 Å². The lowest BCUT2D eigenvalue weighted by Gasteiger charge is -2.38. The highest BCUT2D eigenvalue weighted by Gasteiger charge is 2.33. The zero-order valence-electron chi connectivity index (χ0n) is 11.8. The smallest absolute Gasteiger partial charge is 0.254 e. The van der Waals surface area contributed by atoms with Crippen molar-refractivity contribution in [2.24, 2.45) is 0 Å². The van der Waals surface area contributed by atoms with Gasteiger partial charge in [-0.25, -0.2) is 0 Å². The minimum absolute atomic E-state index is 0.0697. The standard InChI is InChI=1S/C16H14N4OS/c21-16(19-9-15(10-19)20-17-6-7-18-20)13-3-1-12(2-4-13)14-5-8-22-11-14/h1-8,11,15H,9-10H2. The first kappa shape index (κ1) is 13.2. The molecule has 4 rings (SSSR count). The van der Waals surface area contributed by atoms with Crippen molar-refractivity contribution < 1.29 is 4.79 Å². The largest absolute Gasteiger partial charge is 0.334 e. The average molecular weight is 310 g/mol. The van der Waals surface area contributed by atoms with Crippen molar-refractivity contribution in [2.45, 2.75) is 6.04 Å². The monoisotopic (exact) mass is 310 g/mol. The molecule has 0 aliphatic carbocycles. The van der Waals surface area contributed by atoms with E-state index in [0.717, 1.165) is 11.1 Å². The maximum Gasteiger partial charge on any atom is 0.254 e. The van der Waals surface area contributed by atoms with E-state index in [1.807, 2.05) is 29.2 Å². The lowest BCUT2D eigenvalue weighted by molar-refractivity contribution is 0.0476. The van der Waals surface area contributed by atoms with Gasteiger partial charge in [0, 0.05) is 18.7 Å². The third-order valence-corrected chi connectivity index (χ3v) is 4.58. The summed E-state index contributed by atoms with van der Waals surface area (Å²) in [6.45, 7) is 1.33. The maximum absolute atomic E-state index is 12.4. The zero-order chi connectivity index (χ0) is 14.9. The van der Waals surface area contributed by atoms with E-state index in [-0.39, 0.29) is 11.9 Å². The van der Waals surface area contributed by atoms with Gasteiger partial charge in [0.15, 0.2) is 0 Å². The van der Waals surface area contributed by atoms with E-state index >= 15 is 0 Å². The first-order valence-corrected chi connectivity index (χ1v) is 8.03. The van der Waals surface area contributed by atoms with Gasteiger partial charge in [0.05, 0.1) is 12.4 Å². The number of thiophene rings is 1. The number of amides is 1. The molecule has 1 aliphatic rings. The molecule has 2 aromatic heterocycles. The van der Waals surface area contributed by atoms with Gasteiger partial charge in [0.2, 0.25) is 0 Å². The molecule has 1 aromatic carbocycles. The zero-order valence-corrected chi connectivity index (χ0v) is 12.6. The molecule has 1 saturated heterocycles. The van der Waals surface area contributed by atoms with Crippen molar-refractivity contribution in [3.8, 4) is 11.1 Å². The van der Waals surface area contributed by atoms with Gasteiger partial charge >= 0.3 is 0 Å². The highest BCUT2D eigenvalue weighted by molar-refractivity contribution is 7.08. The number of carbonyl (C=O) groups is 1. The molecule has 0 spiro atoms. The number of hydrogen-bond acceptors (Lipinski definition) is 4. The molecular formula is C16H14N4OS. The van der Waals surface area contributed by atoms with E-state index in [4.69, 9.17) is 0 Å². The van der Waals surface area contributed by atoms with Crippen molar-refractivity contribution in [3.05, 3.63) is 59.0 Å². The van der Waals surface area contributed by atoms with Crippen molar-refractivity contribution in [1.29, 1.82) is 0 Å². The van der Waals surface area contributed by atoms with Crippen LogP contribution in [0.4, 0.5) is 0 Å². The fourth-order valence-electron chi connectivity index (χ4n) is 2.60. The molecule has 3 aromatic rings. The van der Waals surface area contributed by atoms with E-state index in [1.54, 1.807) is 28.5 Å². The Morgan fingerprint density at radius 2 is 1.77 bits per heavy atom. The van der Waals surface area contributed by atoms with Gasteiger partial charge < -0.3 is 4.90 Å². The summed E-state index contributed by atoms with van der Waals surface area (Å²) in [5.74, 6) is 0.0697. The highest BCUT2D eigenvalue weighted by Crippen LogP contribution is 2.25. The highest BCUT2D eigenvalue weighted by atomic mass is 32.1. The summed E-state index contributed by atoms with van der Waals surface area (Å²) in [6.07, 6.45) is 3.32. The van der Waals surface area contributed by atoms with Gasteiger partial charge in [-0.3, -0.25) is 4.79 Å². The molecule has 5 nitrogen and oxygen atoms in total. The van der Waals surface area contributed by atoms with Crippen LogP contribution in [0.25, 0.3) is 11.1 Å². The van der Waals surface area contributed by atoms with Crippen LogP contribution in [0.5, 0.6) is 0 Å². The minimum atomic E-state index is 0.0697. The van der Waals surface area contributed by atoms with Crippen LogP contribution in [-0.4, -0.2) is 38.9 Å². The summed E-state index contributed by atoms with van der Waals surface area (Å²) in [6, 6.07) is 10.1. The van der Waals surface area contributed by atoms with Crippen LogP contribution in [0.1, 0.15) is 16.4 Å². The second-order valence-electron chi connectivity index (χ2n) is 5.30. The Morgan fingerprint density at radius 3 is 2.41 bits per heavy atom. The Hall–Kier alpha value is -2.47. The van der Waals surface area contributed by atoms with Gasteiger partial charge in [-0.1, -0.05) is 12.1 Å². The molecule has 110 valence electrons. The van der Waals surface area contributed by atoms with Crippen molar-refractivity contribution in [2.75, 3.05) is 13.1 Å². The number of aromatic nitrogens is 3. The van der Waals surface area contributed by atoms with Crippen molar-refractivity contribution >= 4 is 17.2 Å². The molecule has 3 heterocycles. The molecule has 0 N–H and O–H groups in total. The third-order valence-electron chi connectivity index (χ3n) is 3.90. The van der Waals surface area contributed by atoms with Crippen LogP contribution in [0, 0.1) is 0 Å². The summed E-state index contributed by atoms with van der Waals surface area (Å²) in [7, 11) is 0. The normalized spacial score (nSPS) is 14.8. The first-order chi connectivity index (χ1) is 10.8. The summed E-state index contributed by atoms with van der Waals surface area (Å²) in [5, 5.41) is 12.4. The number of rotatable bonds is 3. The van der Waals surface area contributed by atoms with E-state index in [0.29, 0.717) is 13.1 Å². The molecule has 22 heavy (non-hydrogen) atoms.